The zero-order valence-corrected chi connectivity index (χ0v) is 20.0. The van der Waals surface area contributed by atoms with Crippen LogP contribution < -0.4 is 0 Å². The van der Waals surface area contributed by atoms with E-state index in [1.807, 2.05) is 29.6 Å². The Labute approximate surface area is 200 Å². The second-order valence-corrected chi connectivity index (χ2v) is 11.2. The summed E-state index contributed by atoms with van der Waals surface area (Å²) >= 11 is 7.58. The van der Waals surface area contributed by atoms with Crippen LogP contribution in [0.25, 0.3) is 21.4 Å². The summed E-state index contributed by atoms with van der Waals surface area (Å²) in [4.78, 5) is 18.5. The number of aromatic nitrogens is 1. The molecule has 1 aliphatic heterocycles. The first-order valence-electron chi connectivity index (χ1n) is 10.6. The van der Waals surface area contributed by atoms with Crippen molar-refractivity contribution >= 4 is 49.7 Å². The van der Waals surface area contributed by atoms with Crippen LogP contribution in [-0.2, 0) is 21.2 Å². The Kier molecular flexibility index (Phi) is 6.09. The average molecular weight is 501 g/mol. The van der Waals surface area contributed by atoms with Gasteiger partial charge in [0.15, 0.2) is 5.78 Å². The van der Waals surface area contributed by atoms with Crippen molar-refractivity contribution in [3.8, 4) is 10.4 Å². The molecule has 0 radical (unpaired) electrons. The monoisotopic (exact) mass is 500 g/mol. The summed E-state index contributed by atoms with van der Waals surface area (Å²) in [6.07, 6.45) is 3.54. The number of fused-ring (bicyclic) bond motifs is 1. The highest BCUT2D eigenvalue weighted by Crippen LogP contribution is 2.32. The molecule has 5 rings (SSSR count). The molecule has 4 heterocycles. The molecule has 3 aromatic heterocycles. The van der Waals surface area contributed by atoms with E-state index in [4.69, 9.17) is 16.0 Å². The summed E-state index contributed by atoms with van der Waals surface area (Å²) in [5.74, 6) is -0.0986. The highest BCUT2D eigenvalue weighted by Gasteiger charge is 2.40. The molecule has 9 heteroatoms. The predicted octanol–water partition coefficient (Wildman–Crippen LogP) is 5.56. The van der Waals surface area contributed by atoms with Gasteiger partial charge >= 0.3 is 0 Å². The Balaban J connectivity index is 1.30. The SMILES string of the molecule is O=C(CCc1cc(-c2cc(Cl)cs2)ccn1)[C@@H]1CCCN1S(=O)(=O)c1cc2ccccc2o1. The maximum atomic E-state index is 13.3. The highest BCUT2D eigenvalue weighted by atomic mass is 35.5. The Bertz CT molecular complexity index is 1390. The van der Waals surface area contributed by atoms with Crippen molar-refractivity contribution in [2.45, 2.75) is 36.8 Å². The van der Waals surface area contributed by atoms with Crippen molar-refractivity contribution in [3.63, 3.8) is 0 Å². The predicted molar refractivity (Wildman–Crippen MR) is 129 cm³/mol. The van der Waals surface area contributed by atoms with E-state index in [1.54, 1.807) is 35.7 Å². The molecule has 1 saturated heterocycles. The molecule has 1 aromatic carbocycles. The van der Waals surface area contributed by atoms with Gasteiger partial charge in [-0.1, -0.05) is 29.8 Å². The molecule has 0 amide bonds. The fraction of sp³-hybridized carbons (Fsp3) is 0.250. The summed E-state index contributed by atoms with van der Waals surface area (Å²) in [7, 11) is -3.90. The second kappa shape index (κ2) is 9.02. The molecule has 0 saturated carbocycles. The van der Waals surface area contributed by atoms with Crippen LogP contribution in [0.4, 0.5) is 0 Å². The van der Waals surface area contributed by atoms with Gasteiger partial charge in [-0.15, -0.1) is 11.3 Å². The topological polar surface area (TPSA) is 80.5 Å². The molecular weight excluding hydrogens is 480 g/mol. The van der Waals surface area contributed by atoms with Gasteiger partial charge in [0.1, 0.15) is 5.58 Å². The number of rotatable bonds is 7. The Morgan fingerprint density at radius 3 is 2.85 bits per heavy atom. The van der Waals surface area contributed by atoms with Gasteiger partial charge in [-0.25, -0.2) is 8.42 Å². The van der Waals surface area contributed by atoms with E-state index >= 15 is 0 Å². The summed E-state index contributed by atoms with van der Waals surface area (Å²) in [5.41, 5.74) is 2.30. The van der Waals surface area contributed by atoms with E-state index in [0.29, 0.717) is 36.4 Å². The normalized spacial score (nSPS) is 17.1. The van der Waals surface area contributed by atoms with Gasteiger partial charge in [-0.2, -0.15) is 4.31 Å². The maximum Gasteiger partial charge on any atom is 0.277 e. The van der Waals surface area contributed by atoms with Gasteiger partial charge in [0.05, 0.1) is 11.1 Å². The number of Topliss-reactive ketones (excluding diaryl/α,β-unsaturated/α-hetero) is 1. The number of nitrogens with zero attached hydrogens (tertiary/aromatic N) is 2. The van der Waals surface area contributed by atoms with E-state index in [9.17, 15) is 13.2 Å². The fourth-order valence-electron chi connectivity index (χ4n) is 4.20. The molecule has 170 valence electrons. The van der Waals surface area contributed by atoms with E-state index in [1.165, 1.54) is 10.4 Å². The molecule has 0 unspecified atom stereocenters. The number of para-hydroxylation sites is 1. The Hall–Kier alpha value is -2.52. The molecule has 1 fully saturated rings. The smallest absolute Gasteiger partial charge is 0.277 e. The molecule has 6 nitrogen and oxygen atoms in total. The van der Waals surface area contributed by atoms with Crippen molar-refractivity contribution in [2.24, 2.45) is 0 Å². The minimum atomic E-state index is -3.90. The lowest BCUT2D eigenvalue weighted by molar-refractivity contribution is -0.122. The first-order chi connectivity index (χ1) is 15.9. The molecule has 1 atom stereocenters. The van der Waals surface area contributed by atoms with Crippen LogP contribution in [0.3, 0.4) is 0 Å². The number of ketones is 1. The number of benzene rings is 1. The van der Waals surface area contributed by atoms with Gasteiger partial charge in [0, 0.05) is 46.6 Å². The minimum absolute atomic E-state index is 0.0986. The Morgan fingerprint density at radius 1 is 1.21 bits per heavy atom. The third kappa shape index (κ3) is 4.48. The third-order valence-corrected chi connectivity index (χ3v) is 8.93. The van der Waals surface area contributed by atoms with Crippen molar-refractivity contribution in [1.29, 1.82) is 0 Å². The van der Waals surface area contributed by atoms with Crippen LogP contribution in [-0.4, -0.2) is 36.1 Å². The molecule has 0 bridgehead atoms. The average Bonchev–Trinajstić information content (AvgIpc) is 3.56. The molecule has 0 N–H and O–H groups in total. The van der Waals surface area contributed by atoms with E-state index in [0.717, 1.165) is 21.5 Å². The van der Waals surface area contributed by atoms with Crippen molar-refractivity contribution < 1.29 is 17.6 Å². The van der Waals surface area contributed by atoms with E-state index < -0.39 is 16.1 Å². The maximum absolute atomic E-state index is 13.3. The van der Waals surface area contributed by atoms with Crippen LogP contribution in [0.15, 0.2) is 69.6 Å². The lowest BCUT2D eigenvalue weighted by atomic mass is 10.0. The lowest BCUT2D eigenvalue weighted by Gasteiger charge is -2.21. The van der Waals surface area contributed by atoms with Gasteiger partial charge in [-0.3, -0.25) is 9.78 Å². The van der Waals surface area contributed by atoms with Gasteiger partial charge in [0.2, 0.25) is 5.09 Å². The molecule has 0 spiro atoms. The lowest BCUT2D eigenvalue weighted by Crippen LogP contribution is -2.40. The van der Waals surface area contributed by atoms with Crippen molar-refractivity contribution in [1.82, 2.24) is 9.29 Å². The van der Waals surface area contributed by atoms with Gasteiger partial charge in [-0.05, 0) is 49.1 Å². The zero-order valence-electron chi connectivity index (χ0n) is 17.6. The largest absolute Gasteiger partial charge is 0.443 e. The quantitative estimate of drug-likeness (QED) is 0.331. The standard InChI is InChI=1S/C24H21ClN2O4S2/c25-18-14-23(32-15-18)17-9-10-26-19(12-17)7-8-21(28)20-5-3-11-27(20)33(29,30)24-13-16-4-1-2-6-22(16)31-24/h1-2,4,6,9-10,12-15,20H,3,5,7-8,11H2/t20-/m0/s1. The number of furan rings is 1. The Morgan fingerprint density at radius 2 is 2.06 bits per heavy atom. The van der Waals surface area contributed by atoms with Crippen LogP contribution in [0.2, 0.25) is 5.02 Å². The minimum Gasteiger partial charge on any atom is -0.443 e. The number of hydrogen-bond acceptors (Lipinski definition) is 6. The number of carbonyl (C=O) groups is 1. The van der Waals surface area contributed by atoms with E-state index in [2.05, 4.69) is 4.98 Å². The molecule has 4 aromatic rings. The summed E-state index contributed by atoms with van der Waals surface area (Å²) < 4.78 is 33.4. The second-order valence-electron chi connectivity index (χ2n) is 8.01. The summed E-state index contributed by atoms with van der Waals surface area (Å²) in [6, 6.07) is 13.8. The number of thiophene rings is 1. The van der Waals surface area contributed by atoms with Crippen molar-refractivity contribution in [3.05, 3.63) is 70.8 Å². The molecular formula is C24H21ClN2O4S2. The zero-order chi connectivity index (χ0) is 23.0. The summed E-state index contributed by atoms with van der Waals surface area (Å²) in [5, 5.41) is 3.16. The van der Waals surface area contributed by atoms with Crippen LogP contribution in [0.1, 0.15) is 25.0 Å². The van der Waals surface area contributed by atoms with E-state index in [-0.39, 0.29) is 17.3 Å². The summed E-state index contributed by atoms with van der Waals surface area (Å²) in [6.45, 7) is 0.308. The van der Waals surface area contributed by atoms with Crippen LogP contribution in [0.5, 0.6) is 0 Å². The number of halogens is 1. The fourth-order valence-corrected chi connectivity index (χ4v) is 6.90. The number of sulfonamides is 1. The van der Waals surface area contributed by atoms with Crippen LogP contribution in [0, 0.1) is 0 Å². The molecule has 0 aliphatic carbocycles. The number of hydrogen-bond donors (Lipinski definition) is 0. The first-order valence-corrected chi connectivity index (χ1v) is 13.3. The van der Waals surface area contributed by atoms with Gasteiger partial charge < -0.3 is 4.42 Å². The highest BCUT2D eigenvalue weighted by molar-refractivity contribution is 7.89. The third-order valence-electron chi connectivity index (χ3n) is 5.84. The number of pyridine rings is 1. The number of aryl methyl sites for hydroxylation is 1. The molecule has 33 heavy (non-hydrogen) atoms. The first kappa shape index (κ1) is 22.3. The number of carbonyl (C=O) groups excluding carboxylic acids is 1. The molecule has 1 aliphatic rings. The van der Waals surface area contributed by atoms with Crippen molar-refractivity contribution in [2.75, 3.05) is 6.54 Å². The van der Waals surface area contributed by atoms with Crippen LogP contribution >= 0.6 is 22.9 Å². The van der Waals surface area contributed by atoms with Gasteiger partial charge in [0.25, 0.3) is 10.0 Å².